The Hall–Kier alpha value is -2.02. The van der Waals surface area contributed by atoms with Gasteiger partial charge in [0.2, 0.25) is 0 Å². The molecule has 7 heteroatoms. The van der Waals surface area contributed by atoms with E-state index in [1.165, 1.54) is 0 Å². The molecule has 0 saturated heterocycles. The second-order valence-electron chi connectivity index (χ2n) is 6.42. The molecule has 3 aromatic rings. The highest BCUT2D eigenvalue weighted by Crippen LogP contribution is 2.27. The number of carbonyl (C=O) groups is 1. The van der Waals surface area contributed by atoms with Crippen LogP contribution in [-0.4, -0.2) is 12.5 Å². The number of anilines is 2. The van der Waals surface area contributed by atoms with E-state index >= 15 is 0 Å². The molecule has 0 unspecified atom stereocenters. The monoisotopic (exact) mass is 536 g/mol. The van der Waals surface area contributed by atoms with Gasteiger partial charge >= 0.3 is 0 Å². The Morgan fingerprint density at radius 2 is 1.79 bits per heavy atom. The molecule has 3 rings (SSSR count). The Morgan fingerprint density at radius 1 is 1.03 bits per heavy atom. The predicted octanol–water partition coefficient (Wildman–Crippen LogP) is 6.80. The molecular formula is C22H19Br2ClN2O2. The van der Waals surface area contributed by atoms with Gasteiger partial charge in [-0.05, 0) is 82.5 Å². The minimum atomic E-state index is -0.247. The number of amides is 1. The zero-order chi connectivity index (χ0) is 20.8. The predicted molar refractivity (Wildman–Crippen MR) is 126 cm³/mol. The van der Waals surface area contributed by atoms with E-state index in [0.29, 0.717) is 23.0 Å². The van der Waals surface area contributed by atoms with Crippen molar-refractivity contribution in [2.75, 3.05) is 17.2 Å². The molecule has 4 nitrogen and oxygen atoms in total. The maximum absolute atomic E-state index is 12.2. The van der Waals surface area contributed by atoms with Gasteiger partial charge in [-0.25, -0.2) is 0 Å². The molecule has 0 spiro atoms. The third kappa shape index (κ3) is 6.49. The highest BCUT2D eigenvalue weighted by atomic mass is 79.9. The standard InChI is InChI=1S/C22H19Br2ClN2O2/c1-14-2-6-17(25)11-20(14)27-22(28)13-29-21-9-3-15(10-19(21)24)12-26-18-7-4-16(23)5-8-18/h2-11,26H,12-13H2,1H3,(H,27,28). The fraction of sp³-hybridized carbons (Fsp3) is 0.136. The largest absolute Gasteiger partial charge is 0.483 e. The van der Waals surface area contributed by atoms with E-state index in [4.69, 9.17) is 16.3 Å². The van der Waals surface area contributed by atoms with E-state index in [1.807, 2.05) is 55.5 Å². The average molecular weight is 539 g/mol. The lowest BCUT2D eigenvalue weighted by molar-refractivity contribution is -0.118. The van der Waals surface area contributed by atoms with Crippen LogP contribution >= 0.6 is 43.5 Å². The molecule has 2 N–H and O–H groups in total. The minimum Gasteiger partial charge on any atom is -0.483 e. The molecule has 0 aromatic heterocycles. The summed E-state index contributed by atoms with van der Waals surface area (Å²) in [4.78, 5) is 12.2. The molecule has 1 amide bonds. The number of nitrogens with one attached hydrogen (secondary N) is 2. The molecule has 0 aliphatic carbocycles. The van der Waals surface area contributed by atoms with Gasteiger partial charge in [-0.3, -0.25) is 4.79 Å². The van der Waals surface area contributed by atoms with Gasteiger partial charge in [0, 0.05) is 27.4 Å². The summed E-state index contributed by atoms with van der Waals surface area (Å²) in [5, 5.41) is 6.75. The van der Waals surface area contributed by atoms with E-state index in [2.05, 4.69) is 42.5 Å². The molecule has 0 bridgehead atoms. The summed E-state index contributed by atoms with van der Waals surface area (Å²) in [5.41, 5.74) is 3.75. The quantitative estimate of drug-likeness (QED) is 0.348. The van der Waals surface area contributed by atoms with Crippen molar-refractivity contribution in [2.45, 2.75) is 13.5 Å². The number of aryl methyl sites for hydroxylation is 1. The summed E-state index contributed by atoms with van der Waals surface area (Å²) in [6.45, 7) is 2.49. The van der Waals surface area contributed by atoms with Crippen LogP contribution in [0.5, 0.6) is 5.75 Å². The smallest absolute Gasteiger partial charge is 0.262 e. The Kier molecular flexibility index (Phi) is 7.58. The number of hydrogen-bond donors (Lipinski definition) is 2. The van der Waals surface area contributed by atoms with Gasteiger partial charge in [-0.15, -0.1) is 0 Å². The lowest BCUT2D eigenvalue weighted by atomic mass is 10.2. The van der Waals surface area contributed by atoms with Gasteiger partial charge in [0.25, 0.3) is 5.91 Å². The van der Waals surface area contributed by atoms with Crippen molar-refractivity contribution in [3.05, 3.63) is 85.8 Å². The Labute approximate surface area is 191 Å². The summed E-state index contributed by atoms with van der Waals surface area (Å²) in [6, 6.07) is 19.2. The number of carbonyl (C=O) groups excluding carboxylic acids is 1. The normalized spacial score (nSPS) is 10.5. The van der Waals surface area contributed by atoms with Gasteiger partial charge in [0.05, 0.1) is 4.47 Å². The first-order valence-corrected chi connectivity index (χ1v) is 10.8. The van der Waals surface area contributed by atoms with Crippen molar-refractivity contribution in [1.82, 2.24) is 0 Å². The number of halogens is 3. The van der Waals surface area contributed by atoms with Crippen molar-refractivity contribution in [2.24, 2.45) is 0 Å². The molecular weight excluding hydrogens is 520 g/mol. The zero-order valence-electron chi connectivity index (χ0n) is 15.6. The fourth-order valence-electron chi connectivity index (χ4n) is 2.60. The number of rotatable bonds is 7. The molecule has 0 aliphatic heterocycles. The maximum Gasteiger partial charge on any atom is 0.262 e. The van der Waals surface area contributed by atoms with E-state index in [0.717, 1.165) is 25.8 Å². The van der Waals surface area contributed by atoms with Gasteiger partial charge in [-0.2, -0.15) is 0 Å². The number of hydrogen-bond acceptors (Lipinski definition) is 3. The molecule has 0 atom stereocenters. The van der Waals surface area contributed by atoms with E-state index in [9.17, 15) is 4.79 Å². The third-order valence-corrected chi connectivity index (χ3v) is 5.55. The highest BCUT2D eigenvalue weighted by molar-refractivity contribution is 9.10. The van der Waals surface area contributed by atoms with Crippen molar-refractivity contribution in [3.63, 3.8) is 0 Å². The molecule has 0 heterocycles. The summed E-state index contributed by atoms with van der Waals surface area (Å²) in [5.74, 6) is 0.360. The first-order valence-electron chi connectivity index (χ1n) is 8.87. The van der Waals surface area contributed by atoms with Gasteiger partial charge < -0.3 is 15.4 Å². The lowest BCUT2D eigenvalue weighted by Crippen LogP contribution is -2.20. The van der Waals surface area contributed by atoms with Crippen LogP contribution in [-0.2, 0) is 11.3 Å². The van der Waals surface area contributed by atoms with Gasteiger partial charge in [0.15, 0.2) is 6.61 Å². The molecule has 3 aromatic carbocycles. The van der Waals surface area contributed by atoms with Crippen LogP contribution in [0.1, 0.15) is 11.1 Å². The first-order chi connectivity index (χ1) is 13.9. The molecule has 0 saturated carbocycles. The van der Waals surface area contributed by atoms with Gasteiger partial charge in [-0.1, -0.05) is 39.7 Å². The Morgan fingerprint density at radius 3 is 2.52 bits per heavy atom. The molecule has 0 radical (unpaired) electrons. The van der Waals surface area contributed by atoms with Crippen LogP contribution in [0.15, 0.2) is 69.6 Å². The van der Waals surface area contributed by atoms with Crippen LogP contribution in [0, 0.1) is 6.92 Å². The number of ether oxygens (including phenoxy) is 1. The average Bonchev–Trinajstić information content (AvgIpc) is 2.69. The molecule has 0 fully saturated rings. The van der Waals surface area contributed by atoms with Crippen molar-refractivity contribution >= 4 is 60.7 Å². The highest BCUT2D eigenvalue weighted by Gasteiger charge is 2.09. The SMILES string of the molecule is Cc1ccc(Cl)cc1NC(=O)COc1ccc(CNc2ccc(Br)cc2)cc1Br. The summed E-state index contributed by atoms with van der Waals surface area (Å²) in [7, 11) is 0. The van der Waals surface area contributed by atoms with E-state index in [-0.39, 0.29) is 12.5 Å². The van der Waals surface area contributed by atoms with E-state index in [1.54, 1.807) is 12.1 Å². The van der Waals surface area contributed by atoms with Crippen LogP contribution in [0.25, 0.3) is 0 Å². The van der Waals surface area contributed by atoms with E-state index < -0.39 is 0 Å². The van der Waals surface area contributed by atoms with Crippen molar-refractivity contribution in [1.29, 1.82) is 0 Å². The Bertz CT molecular complexity index is 1010. The topological polar surface area (TPSA) is 50.4 Å². The van der Waals surface area contributed by atoms with Crippen molar-refractivity contribution in [3.8, 4) is 5.75 Å². The molecule has 29 heavy (non-hydrogen) atoms. The Balaban J connectivity index is 1.54. The molecule has 150 valence electrons. The second-order valence-corrected chi connectivity index (χ2v) is 8.63. The second kappa shape index (κ2) is 10.1. The van der Waals surface area contributed by atoms with Crippen LogP contribution in [0.4, 0.5) is 11.4 Å². The van der Waals surface area contributed by atoms with Crippen molar-refractivity contribution < 1.29 is 9.53 Å². The summed E-state index contributed by atoms with van der Waals surface area (Å²) < 4.78 is 7.49. The van der Waals surface area contributed by atoms with Crippen LogP contribution in [0.2, 0.25) is 5.02 Å². The first kappa shape index (κ1) is 21.7. The fourth-order valence-corrected chi connectivity index (χ4v) is 3.58. The molecule has 0 aliphatic rings. The van der Waals surface area contributed by atoms with Crippen LogP contribution in [0.3, 0.4) is 0 Å². The summed E-state index contributed by atoms with van der Waals surface area (Å²) >= 11 is 12.9. The zero-order valence-corrected chi connectivity index (χ0v) is 19.6. The maximum atomic E-state index is 12.2. The third-order valence-electron chi connectivity index (χ3n) is 4.17. The minimum absolute atomic E-state index is 0.0962. The van der Waals surface area contributed by atoms with Gasteiger partial charge in [0.1, 0.15) is 5.75 Å². The summed E-state index contributed by atoms with van der Waals surface area (Å²) in [6.07, 6.45) is 0. The number of benzene rings is 3. The lowest BCUT2D eigenvalue weighted by Gasteiger charge is -2.12. The van der Waals surface area contributed by atoms with Crippen LogP contribution < -0.4 is 15.4 Å².